The van der Waals surface area contributed by atoms with Crippen molar-refractivity contribution in [3.63, 3.8) is 0 Å². The van der Waals surface area contributed by atoms with Crippen molar-refractivity contribution < 1.29 is 0 Å². The molecule has 0 saturated heterocycles. The summed E-state index contributed by atoms with van der Waals surface area (Å²) in [6.07, 6.45) is 8.08. The number of aliphatic imine (C=N–C) groups is 2. The molecule has 4 heteroatoms. The maximum absolute atomic E-state index is 4.97. The van der Waals surface area contributed by atoms with Crippen LogP contribution in [0.25, 0.3) is 11.1 Å². The van der Waals surface area contributed by atoms with Crippen molar-refractivity contribution in [3.05, 3.63) is 142 Å². The quantitative estimate of drug-likeness (QED) is 0.207. The van der Waals surface area contributed by atoms with Gasteiger partial charge >= 0.3 is 0 Å². The van der Waals surface area contributed by atoms with Gasteiger partial charge in [0.15, 0.2) is 0 Å². The van der Waals surface area contributed by atoms with E-state index >= 15 is 0 Å². The molecule has 39 heavy (non-hydrogen) atoms. The van der Waals surface area contributed by atoms with Gasteiger partial charge in [0.25, 0.3) is 0 Å². The molecular formula is C35H32N4. The molecule has 192 valence electrons. The van der Waals surface area contributed by atoms with E-state index in [9.17, 15) is 0 Å². The van der Waals surface area contributed by atoms with Crippen LogP contribution < -0.4 is 0 Å². The second kappa shape index (κ2) is 11.8. The summed E-state index contributed by atoms with van der Waals surface area (Å²) in [6, 6.07) is 29.0. The van der Waals surface area contributed by atoms with Crippen LogP contribution in [0.3, 0.4) is 0 Å². The number of rotatable bonds is 7. The van der Waals surface area contributed by atoms with Gasteiger partial charge in [-0.25, -0.2) is 0 Å². The van der Waals surface area contributed by atoms with Crippen molar-refractivity contribution >= 4 is 23.8 Å². The van der Waals surface area contributed by atoms with E-state index in [1.807, 2.05) is 48.8 Å². The van der Waals surface area contributed by atoms with Crippen LogP contribution in [0.1, 0.15) is 44.8 Å². The number of nitrogens with zero attached hydrogens (tertiary/aromatic N) is 4. The second-order valence-electron chi connectivity index (χ2n) is 9.86. The molecule has 0 radical (unpaired) electrons. The minimum Gasteiger partial charge on any atom is -0.255 e. The first-order valence-electron chi connectivity index (χ1n) is 13.2. The summed E-state index contributed by atoms with van der Waals surface area (Å²) in [7, 11) is 0. The van der Waals surface area contributed by atoms with E-state index in [0.29, 0.717) is 0 Å². The third-order valence-electron chi connectivity index (χ3n) is 6.85. The van der Waals surface area contributed by atoms with E-state index < -0.39 is 0 Å². The average Bonchev–Trinajstić information content (AvgIpc) is 2.95. The Morgan fingerprint density at radius 1 is 0.615 bits per heavy atom. The van der Waals surface area contributed by atoms with Gasteiger partial charge < -0.3 is 0 Å². The van der Waals surface area contributed by atoms with Gasteiger partial charge in [-0.15, -0.1) is 0 Å². The summed E-state index contributed by atoms with van der Waals surface area (Å²) in [6.45, 7) is 8.58. The summed E-state index contributed by atoms with van der Waals surface area (Å²) in [5.74, 6) is 0. The van der Waals surface area contributed by atoms with Gasteiger partial charge in [0.05, 0.1) is 35.2 Å². The molecule has 0 bridgehead atoms. The SMILES string of the molecule is Cc1cc(C)c(N=Cc2ccccn2)c(-c2cc(C)c(N=Cc3ccccn3)c(C)c2Cc2ccccc2)c1. The molecular weight excluding hydrogens is 476 g/mol. The standard InChI is InChI=1S/C35H32N4/c1-24-18-25(2)35(39-23-30-15-9-11-17-37-30)33(19-24)32-20-26(3)34(38-22-29-14-8-10-16-36-29)27(4)31(32)21-28-12-6-5-7-13-28/h5-20,22-23H,21H2,1-4H3. The molecule has 5 aromatic rings. The first-order chi connectivity index (χ1) is 19.0. The lowest BCUT2D eigenvalue weighted by atomic mass is 9.86. The monoisotopic (exact) mass is 508 g/mol. The van der Waals surface area contributed by atoms with Crippen molar-refractivity contribution in [1.29, 1.82) is 0 Å². The van der Waals surface area contributed by atoms with Crippen molar-refractivity contribution in [1.82, 2.24) is 9.97 Å². The van der Waals surface area contributed by atoms with Crippen LogP contribution in [0, 0.1) is 27.7 Å². The molecule has 0 fully saturated rings. The minimum atomic E-state index is 0.796. The van der Waals surface area contributed by atoms with Crippen molar-refractivity contribution in [2.75, 3.05) is 0 Å². The molecule has 2 heterocycles. The van der Waals surface area contributed by atoms with Crippen LogP contribution in [-0.4, -0.2) is 22.4 Å². The largest absolute Gasteiger partial charge is 0.255 e. The summed E-state index contributed by atoms with van der Waals surface area (Å²) >= 11 is 0. The molecule has 0 saturated carbocycles. The van der Waals surface area contributed by atoms with Gasteiger partial charge in [0, 0.05) is 18.0 Å². The number of aromatic nitrogens is 2. The van der Waals surface area contributed by atoms with Crippen molar-refractivity contribution in [2.24, 2.45) is 9.98 Å². The van der Waals surface area contributed by atoms with E-state index in [0.717, 1.165) is 45.9 Å². The number of pyridine rings is 2. The van der Waals surface area contributed by atoms with Crippen LogP contribution in [-0.2, 0) is 6.42 Å². The topological polar surface area (TPSA) is 50.5 Å². The number of hydrogen-bond donors (Lipinski definition) is 0. The normalized spacial score (nSPS) is 11.5. The highest BCUT2D eigenvalue weighted by Gasteiger charge is 2.18. The lowest BCUT2D eigenvalue weighted by molar-refractivity contribution is 1.14. The molecule has 0 aliphatic heterocycles. The molecule has 0 aliphatic carbocycles. The minimum absolute atomic E-state index is 0.796. The van der Waals surface area contributed by atoms with Gasteiger partial charge in [0.1, 0.15) is 0 Å². The zero-order valence-electron chi connectivity index (χ0n) is 22.9. The third kappa shape index (κ3) is 6.07. The van der Waals surface area contributed by atoms with Crippen LogP contribution in [0.2, 0.25) is 0 Å². The van der Waals surface area contributed by atoms with Gasteiger partial charge in [-0.3, -0.25) is 20.0 Å². The van der Waals surface area contributed by atoms with Crippen molar-refractivity contribution in [2.45, 2.75) is 34.1 Å². The Hall–Kier alpha value is -4.70. The van der Waals surface area contributed by atoms with Gasteiger partial charge in [-0.05, 0) is 104 Å². The van der Waals surface area contributed by atoms with Gasteiger partial charge in [-0.2, -0.15) is 0 Å². The Balaban J connectivity index is 1.69. The highest BCUT2D eigenvalue weighted by atomic mass is 14.8. The fourth-order valence-electron chi connectivity index (χ4n) is 4.98. The van der Waals surface area contributed by atoms with Crippen LogP contribution in [0.5, 0.6) is 0 Å². The molecule has 0 aliphatic rings. The number of benzene rings is 3. The molecule has 4 nitrogen and oxygen atoms in total. The molecule has 0 amide bonds. The molecule has 0 N–H and O–H groups in total. The average molecular weight is 509 g/mol. The molecule has 0 atom stereocenters. The van der Waals surface area contributed by atoms with Crippen LogP contribution in [0.15, 0.2) is 107 Å². The van der Waals surface area contributed by atoms with Crippen LogP contribution >= 0.6 is 0 Å². The zero-order chi connectivity index (χ0) is 27.2. The summed E-state index contributed by atoms with van der Waals surface area (Å²) in [5.41, 5.74) is 13.1. The van der Waals surface area contributed by atoms with Gasteiger partial charge in [0.2, 0.25) is 0 Å². The second-order valence-corrected chi connectivity index (χ2v) is 9.86. The van der Waals surface area contributed by atoms with E-state index in [4.69, 9.17) is 9.98 Å². The molecule has 0 unspecified atom stereocenters. The highest BCUT2D eigenvalue weighted by molar-refractivity contribution is 5.89. The predicted octanol–water partition coefficient (Wildman–Crippen LogP) is 8.47. The molecule has 0 spiro atoms. The van der Waals surface area contributed by atoms with Crippen molar-refractivity contribution in [3.8, 4) is 11.1 Å². The van der Waals surface area contributed by atoms with E-state index in [2.05, 4.69) is 86.2 Å². The Morgan fingerprint density at radius 3 is 1.82 bits per heavy atom. The molecule has 3 aromatic carbocycles. The van der Waals surface area contributed by atoms with Crippen LogP contribution in [0.4, 0.5) is 11.4 Å². The Morgan fingerprint density at radius 2 is 1.21 bits per heavy atom. The predicted molar refractivity (Wildman–Crippen MR) is 163 cm³/mol. The first kappa shape index (κ1) is 25.9. The fourth-order valence-corrected chi connectivity index (χ4v) is 4.98. The zero-order valence-corrected chi connectivity index (χ0v) is 22.9. The summed E-state index contributed by atoms with van der Waals surface area (Å²) < 4.78 is 0. The summed E-state index contributed by atoms with van der Waals surface area (Å²) in [5, 5.41) is 0. The van der Waals surface area contributed by atoms with Gasteiger partial charge in [-0.1, -0.05) is 54.1 Å². The lowest BCUT2D eigenvalue weighted by Gasteiger charge is -2.20. The fraction of sp³-hybridized carbons (Fsp3) is 0.143. The first-order valence-corrected chi connectivity index (χ1v) is 13.2. The van der Waals surface area contributed by atoms with E-state index in [-0.39, 0.29) is 0 Å². The maximum Gasteiger partial charge on any atom is 0.0812 e. The molecule has 2 aromatic heterocycles. The Labute approximate surface area is 230 Å². The number of hydrogen-bond acceptors (Lipinski definition) is 4. The number of aryl methyl sites for hydroxylation is 3. The van der Waals surface area contributed by atoms with E-state index in [1.54, 1.807) is 12.4 Å². The highest BCUT2D eigenvalue weighted by Crippen LogP contribution is 2.41. The maximum atomic E-state index is 4.97. The summed E-state index contributed by atoms with van der Waals surface area (Å²) in [4.78, 5) is 18.7. The smallest absolute Gasteiger partial charge is 0.0812 e. The molecule has 5 rings (SSSR count). The van der Waals surface area contributed by atoms with E-state index in [1.165, 1.54) is 27.8 Å². The third-order valence-corrected chi connectivity index (χ3v) is 6.85. The lowest BCUT2D eigenvalue weighted by Crippen LogP contribution is -2.00. The Kier molecular flexibility index (Phi) is 7.83. The Bertz CT molecular complexity index is 1640.